The van der Waals surface area contributed by atoms with Crippen LogP contribution in [0.5, 0.6) is 0 Å². The number of carbonyl (C=O) groups excluding carboxylic acids is 1. The molecule has 36 heavy (non-hydrogen) atoms. The quantitative estimate of drug-likeness (QED) is 0.331. The van der Waals surface area contributed by atoms with Gasteiger partial charge in [0.25, 0.3) is 0 Å². The van der Waals surface area contributed by atoms with E-state index in [-0.39, 0.29) is 17.7 Å². The summed E-state index contributed by atoms with van der Waals surface area (Å²) in [6.07, 6.45) is 2.90. The van der Waals surface area contributed by atoms with Gasteiger partial charge in [0, 0.05) is 23.7 Å². The lowest BCUT2D eigenvalue weighted by Crippen LogP contribution is -2.41. The van der Waals surface area contributed by atoms with Crippen molar-refractivity contribution in [1.82, 2.24) is 14.7 Å². The monoisotopic (exact) mass is 503 g/mol. The lowest BCUT2D eigenvalue weighted by Gasteiger charge is -2.32. The van der Waals surface area contributed by atoms with Crippen molar-refractivity contribution < 1.29 is 9.18 Å². The van der Waals surface area contributed by atoms with E-state index < -0.39 is 0 Å². The van der Waals surface area contributed by atoms with Gasteiger partial charge in [-0.25, -0.2) is 13.9 Å². The molecule has 184 valence electrons. The Labute approximate surface area is 214 Å². The highest BCUT2D eigenvalue weighted by Gasteiger charge is 2.26. The van der Waals surface area contributed by atoms with E-state index in [9.17, 15) is 9.18 Å². The van der Waals surface area contributed by atoms with Crippen LogP contribution in [0.3, 0.4) is 0 Å². The summed E-state index contributed by atoms with van der Waals surface area (Å²) >= 11 is 6.07. The molecule has 5 rings (SSSR count). The zero-order chi connectivity index (χ0) is 25.1. The zero-order valence-corrected chi connectivity index (χ0v) is 20.5. The third-order valence-electron chi connectivity index (χ3n) is 6.61. The van der Waals surface area contributed by atoms with Gasteiger partial charge in [-0.15, -0.1) is 0 Å². The Bertz CT molecular complexity index is 1330. The zero-order valence-electron chi connectivity index (χ0n) is 19.7. The lowest BCUT2D eigenvalue weighted by atomic mass is 9.90. The Hall–Kier alpha value is -3.84. The van der Waals surface area contributed by atoms with Gasteiger partial charge >= 0.3 is 6.03 Å². The van der Waals surface area contributed by atoms with Crippen LogP contribution in [0.1, 0.15) is 18.4 Å². The van der Waals surface area contributed by atoms with Gasteiger partial charge in [-0.2, -0.15) is 5.10 Å². The first-order chi connectivity index (χ1) is 17.5. The molecular weight excluding hydrogens is 477 g/mol. The molecule has 1 aromatic heterocycles. The maximum absolute atomic E-state index is 13.5. The first-order valence-electron chi connectivity index (χ1n) is 12.0. The summed E-state index contributed by atoms with van der Waals surface area (Å²) < 4.78 is 15.0. The van der Waals surface area contributed by atoms with Crippen molar-refractivity contribution >= 4 is 29.1 Å². The number of piperidine rings is 1. The SMILES string of the molecule is Nc1c(NC(=O)N2CCC(Cc3ccccc3)CC2)c(-c2ccc(Cl)cc2)nn1-c1ccc(F)cc1. The highest BCUT2D eigenvalue weighted by molar-refractivity contribution is 6.30. The molecule has 1 saturated heterocycles. The van der Waals surface area contributed by atoms with E-state index in [1.807, 2.05) is 23.1 Å². The molecule has 1 aliphatic rings. The van der Waals surface area contributed by atoms with Crippen LogP contribution in [-0.2, 0) is 6.42 Å². The Morgan fingerprint density at radius 2 is 1.67 bits per heavy atom. The van der Waals surface area contributed by atoms with Gasteiger partial charge in [0.2, 0.25) is 0 Å². The number of hydrogen-bond acceptors (Lipinski definition) is 3. The molecule has 0 bridgehead atoms. The molecule has 2 amide bonds. The minimum Gasteiger partial charge on any atom is -0.382 e. The summed E-state index contributed by atoms with van der Waals surface area (Å²) in [6.45, 7) is 1.34. The van der Waals surface area contributed by atoms with Crippen LogP contribution in [0.15, 0.2) is 78.9 Å². The number of benzene rings is 3. The molecule has 3 N–H and O–H groups in total. The van der Waals surface area contributed by atoms with E-state index in [2.05, 4.69) is 34.7 Å². The van der Waals surface area contributed by atoms with Crippen molar-refractivity contribution in [3.05, 3.63) is 95.3 Å². The predicted octanol–water partition coefficient (Wildman–Crippen LogP) is 6.40. The van der Waals surface area contributed by atoms with E-state index in [0.717, 1.165) is 24.8 Å². The van der Waals surface area contributed by atoms with Crippen molar-refractivity contribution in [1.29, 1.82) is 0 Å². The third-order valence-corrected chi connectivity index (χ3v) is 6.86. The summed E-state index contributed by atoms with van der Waals surface area (Å²) in [5.41, 5.74) is 10.1. The molecule has 0 saturated carbocycles. The fourth-order valence-electron chi connectivity index (χ4n) is 4.62. The first kappa shape index (κ1) is 23.9. The van der Waals surface area contributed by atoms with Crippen LogP contribution < -0.4 is 11.1 Å². The molecule has 0 aliphatic carbocycles. The number of nitrogens with one attached hydrogen (secondary N) is 1. The molecular formula is C28H27ClFN5O. The van der Waals surface area contributed by atoms with Gasteiger partial charge in [0.15, 0.2) is 5.82 Å². The van der Waals surface area contributed by atoms with Crippen LogP contribution in [0.25, 0.3) is 16.9 Å². The number of nitrogens with zero attached hydrogens (tertiary/aromatic N) is 3. The van der Waals surface area contributed by atoms with E-state index in [4.69, 9.17) is 17.3 Å². The largest absolute Gasteiger partial charge is 0.382 e. The third kappa shape index (κ3) is 5.21. The molecule has 0 radical (unpaired) electrons. The number of hydrogen-bond donors (Lipinski definition) is 2. The van der Waals surface area contributed by atoms with E-state index in [1.165, 1.54) is 22.4 Å². The van der Waals surface area contributed by atoms with Crippen molar-refractivity contribution in [2.24, 2.45) is 5.92 Å². The summed E-state index contributed by atoms with van der Waals surface area (Å²) in [6, 6.07) is 23.3. The van der Waals surface area contributed by atoms with E-state index in [1.54, 1.807) is 24.3 Å². The van der Waals surface area contributed by atoms with Crippen LogP contribution in [0.4, 0.5) is 20.7 Å². The van der Waals surface area contributed by atoms with Gasteiger partial charge in [-0.1, -0.05) is 54.1 Å². The van der Waals surface area contributed by atoms with Crippen molar-refractivity contribution in [2.75, 3.05) is 24.1 Å². The fraction of sp³-hybridized carbons (Fsp3) is 0.214. The van der Waals surface area contributed by atoms with E-state index in [0.29, 0.717) is 41.1 Å². The highest BCUT2D eigenvalue weighted by Crippen LogP contribution is 2.35. The number of amides is 2. The number of likely N-dealkylation sites (tertiary alicyclic amines) is 1. The highest BCUT2D eigenvalue weighted by atomic mass is 35.5. The number of halogens is 2. The number of rotatable bonds is 5. The van der Waals surface area contributed by atoms with Gasteiger partial charge in [0.05, 0.1) is 5.69 Å². The summed E-state index contributed by atoms with van der Waals surface area (Å²) in [7, 11) is 0. The van der Waals surface area contributed by atoms with Gasteiger partial charge in [0.1, 0.15) is 17.2 Å². The van der Waals surface area contributed by atoms with Crippen LogP contribution in [-0.4, -0.2) is 33.8 Å². The predicted molar refractivity (Wildman–Crippen MR) is 142 cm³/mol. The van der Waals surface area contributed by atoms with Crippen molar-refractivity contribution in [2.45, 2.75) is 19.3 Å². The smallest absolute Gasteiger partial charge is 0.322 e. The second kappa shape index (κ2) is 10.4. The fourth-order valence-corrected chi connectivity index (χ4v) is 4.74. The maximum Gasteiger partial charge on any atom is 0.322 e. The number of anilines is 2. The summed E-state index contributed by atoms with van der Waals surface area (Å²) in [5.74, 6) is 0.456. The average molecular weight is 504 g/mol. The molecule has 6 nitrogen and oxygen atoms in total. The topological polar surface area (TPSA) is 76.2 Å². The molecule has 4 aromatic rings. The van der Waals surface area contributed by atoms with Crippen LogP contribution in [0.2, 0.25) is 5.02 Å². The normalized spacial score (nSPS) is 14.1. The first-order valence-corrected chi connectivity index (χ1v) is 12.4. The van der Waals surface area contributed by atoms with Gasteiger partial charge < -0.3 is 16.0 Å². The number of urea groups is 1. The number of aromatic nitrogens is 2. The molecule has 0 atom stereocenters. The Balaban J connectivity index is 1.36. The Morgan fingerprint density at radius 3 is 2.33 bits per heavy atom. The minimum absolute atomic E-state index is 0.214. The average Bonchev–Trinajstić information content (AvgIpc) is 3.21. The maximum atomic E-state index is 13.5. The van der Waals surface area contributed by atoms with Gasteiger partial charge in [-0.05, 0) is 67.1 Å². The number of nitrogens with two attached hydrogens (primary N) is 1. The second-order valence-corrected chi connectivity index (χ2v) is 9.49. The molecule has 2 heterocycles. The molecule has 0 spiro atoms. The Kier molecular flexibility index (Phi) is 6.91. The summed E-state index contributed by atoms with van der Waals surface area (Å²) in [4.78, 5) is 15.1. The molecule has 3 aromatic carbocycles. The van der Waals surface area contributed by atoms with Crippen molar-refractivity contribution in [3.8, 4) is 16.9 Å². The van der Waals surface area contributed by atoms with Crippen LogP contribution in [0, 0.1) is 11.7 Å². The second-order valence-electron chi connectivity index (χ2n) is 9.05. The standard InChI is InChI=1S/C28H27ClFN5O/c29-22-8-6-21(7-9-22)25-26(27(31)35(33-25)24-12-10-23(30)11-13-24)32-28(36)34-16-14-20(15-17-34)18-19-4-2-1-3-5-19/h1-13,20H,14-18,31H2,(H,32,36). The molecule has 0 unspecified atom stereocenters. The molecule has 1 fully saturated rings. The minimum atomic E-state index is -0.355. The number of carbonyl (C=O) groups is 1. The summed E-state index contributed by atoms with van der Waals surface area (Å²) in [5, 5.41) is 8.25. The molecule has 8 heteroatoms. The molecule has 1 aliphatic heterocycles. The number of nitrogen functional groups attached to an aromatic ring is 1. The van der Waals surface area contributed by atoms with Crippen LogP contribution >= 0.6 is 11.6 Å². The lowest BCUT2D eigenvalue weighted by molar-refractivity contribution is 0.182. The Morgan fingerprint density at radius 1 is 1.00 bits per heavy atom. The van der Waals surface area contributed by atoms with Crippen molar-refractivity contribution in [3.63, 3.8) is 0 Å². The van der Waals surface area contributed by atoms with E-state index >= 15 is 0 Å². The van der Waals surface area contributed by atoms with Gasteiger partial charge in [-0.3, -0.25) is 0 Å².